The van der Waals surface area contributed by atoms with Crippen LogP contribution in [0.2, 0.25) is 0 Å². The second-order valence-corrected chi connectivity index (χ2v) is 5.21. The van der Waals surface area contributed by atoms with E-state index in [0.29, 0.717) is 4.90 Å². The van der Waals surface area contributed by atoms with Crippen molar-refractivity contribution in [3.63, 3.8) is 0 Å². The van der Waals surface area contributed by atoms with Crippen molar-refractivity contribution in [2.45, 2.75) is 13.0 Å². The van der Waals surface area contributed by atoms with Gasteiger partial charge in [-0.1, -0.05) is 0 Å². The minimum absolute atomic E-state index is 0.208. The number of hydrogen-bond acceptors (Lipinski definition) is 4. The maximum atomic E-state index is 11.6. The quantitative estimate of drug-likeness (QED) is 0.545. The Balaban J connectivity index is 4.49. The average Bonchev–Trinajstić information content (AvgIpc) is 2.13. The van der Waals surface area contributed by atoms with E-state index in [0.717, 1.165) is 0 Å². The van der Waals surface area contributed by atoms with Crippen molar-refractivity contribution in [3.8, 4) is 0 Å². The van der Waals surface area contributed by atoms with E-state index in [4.69, 9.17) is 10.2 Å². The molecule has 8 nitrogen and oxygen atoms in total. The Morgan fingerprint density at radius 3 is 2.00 bits per heavy atom. The van der Waals surface area contributed by atoms with Gasteiger partial charge in [-0.25, -0.2) is 4.79 Å². The number of carbonyl (C=O) groups is 3. The smallest absolute Gasteiger partial charge is 0.323 e. The fraction of sp³-hybridized carbons (Fsp3) is 0.667. The summed E-state index contributed by atoms with van der Waals surface area (Å²) >= 11 is 0. The lowest BCUT2D eigenvalue weighted by atomic mass is 10.4. The molecule has 0 radical (unpaired) electrons. The Morgan fingerprint density at radius 2 is 1.67 bits per heavy atom. The van der Waals surface area contributed by atoms with Crippen LogP contribution >= 0.6 is 0 Å². The van der Waals surface area contributed by atoms with Gasteiger partial charge in [0.15, 0.2) is 0 Å². The molecule has 0 aromatic heterocycles. The maximum absolute atomic E-state index is 11.6. The fourth-order valence-electron chi connectivity index (χ4n) is 1.22. The van der Waals surface area contributed by atoms with E-state index in [2.05, 4.69) is 5.32 Å². The summed E-state index contributed by atoms with van der Waals surface area (Å²) in [5, 5.41) is 19.5. The molecule has 9 heteroatoms. The Bertz CT molecular complexity index is 343. The van der Waals surface area contributed by atoms with Gasteiger partial charge in [0.05, 0.1) is 0 Å². The highest BCUT2D eigenvalue weighted by Crippen LogP contribution is 1.93. The highest BCUT2D eigenvalue weighted by Gasteiger charge is 2.21. The van der Waals surface area contributed by atoms with Gasteiger partial charge >= 0.3 is 18.0 Å². The van der Waals surface area contributed by atoms with Crippen LogP contribution in [0.1, 0.15) is 6.92 Å². The van der Waals surface area contributed by atoms with E-state index in [1.807, 2.05) is 0 Å². The normalized spacial score (nSPS) is 13.4. The third-order valence-electron chi connectivity index (χ3n) is 1.79. The molecule has 0 bridgehead atoms. The molecular formula is C9H16N2O6S. The van der Waals surface area contributed by atoms with Crippen LogP contribution in [0, 0.1) is 0 Å². The van der Waals surface area contributed by atoms with Gasteiger partial charge in [0, 0.05) is 28.9 Å². The largest absolute Gasteiger partial charge is 0.480 e. The van der Waals surface area contributed by atoms with Crippen LogP contribution < -0.4 is 5.32 Å². The van der Waals surface area contributed by atoms with Crippen LogP contribution in [0.3, 0.4) is 0 Å². The first-order valence-electron chi connectivity index (χ1n) is 5.01. The molecule has 0 aromatic carbocycles. The van der Waals surface area contributed by atoms with Crippen molar-refractivity contribution in [3.05, 3.63) is 0 Å². The molecule has 0 rings (SSSR count). The SMILES string of the molecule is CC(CS(C)=O)NC(=O)N(CC(=O)O)CC(=O)O. The number of hydrogen-bond donors (Lipinski definition) is 3. The van der Waals surface area contributed by atoms with Crippen LogP contribution in [-0.2, 0) is 20.4 Å². The first kappa shape index (κ1) is 16.4. The molecule has 0 aliphatic rings. The van der Waals surface area contributed by atoms with E-state index in [1.165, 1.54) is 6.26 Å². The Morgan fingerprint density at radius 1 is 1.22 bits per heavy atom. The molecule has 0 saturated heterocycles. The van der Waals surface area contributed by atoms with Crippen molar-refractivity contribution in [2.24, 2.45) is 0 Å². The summed E-state index contributed by atoms with van der Waals surface area (Å²) in [6.07, 6.45) is 1.47. The monoisotopic (exact) mass is 280 g/mol. The Labute approximate surface area is 106 Å². The van der Waals surface area contributed by atoms with Crippen LogP contribution in [0.15, 0.2) is 0 Å². The van der Waals surface area contributed by atoms with Crippen LogP contribution in [-0.4, -0.2) is 68.4 Å². The molecule has 2 atom stereocenters. The number of urea groups is 1. The number of carboxylic acids is 2. The fourth-order valence-corrected chi connectivity index (χ4v) is 2.01. The standard InChI is InChI=1S/C9H16N2O6S/c1-6(5-18(2)17)10-9(16)11(3-7(12)13)4-8(14)15/h6H,3-5H2,1-2H3,(H,10,16)(H,12,13)(H,14,15). The molecule has 0 aromatic rings. The van der Waals surface area contributed by atoms with E-state index < -0.39 is 47.9 Å². The topological polar surface area (TPSA) is 124 Å². The second kappa shape index (κ2) is 7.64. The highest BCUT2D eigenvalue weighted by atomic mass is 32.2. The van der Waals surface area contributed by atoms with Crippen molar-refractivity contribution in [1.82, 2.24) is 10.2 Å². The van der Waals surface area contributed by atoms with Crippen molar-refractivity contribution in [2.75, 3.05) is 25.1 Å². The van der Waals surface area contributed by atoms with E-state index >= 15 is 0 Å². The molecule has 104 valence electrons. The summed E-state index contributed by atoms with van der Waals surface area (Å²) in [7, 11) is -1.11. The van der Waals surface area contributed by atoms with Gasteiger partial charge < -0.3 is 20.4 Å². The third-order valence-corrected chi connectivity index (χ3v) is 2.76. The first-order chi connectivity index (χ1) is 8.22. The van der Waals surface area contributed by atoms with Crippen LogP contribution in [0.25, 0.3) is 0 Å². The van der Waals surface area contributed by atoms with Crippen LogP contribution in [0.5, 0.6) is 0 Å². The number of aliphatic carboxylic acids is 2. The van der Waals surface area contributed by atoms with E-state index in [1.54, 1.807) is 6.92 Å². The molecule has 0 heterocycles. The lowest BCUT2D eigenvalue weighted by Crippen LogP contribution is -2.49. The predicted molar refractivity (Wildman–Crippen MR) is 63.8 cm³/mol. The van der Waals surface area contributed by atoms with Gasteiger partial charge in [0.1, 0.15) is 13.1 Å². The molecule has 18 heavy (non-hydrogen) atoms. The number of carboxylic acid groups (broad SMARTS) is 2. The molecule has 0 aliphatic heterocycles. The zero-order valence-corrected chi connectivity index (χ0v) is 10.9. The molecule has 2 unspecified atom stereocenters. The number of nitrogens with one attached hydrogen (secondary N) is 1. The molecule has 0 saturated carbocycles. The maximum Gasteiger partial charge on any atom is 0.323 e. The predicted octanol–water partition coefficient (Wildman–Crippen LogP) is -1.07. The van der Waals surface area contributed by atoms with Crippen LogP contribution in [0.4, 0.5) is 4.79 Å². The van der Waals surface area contributed by atoms with Gasteiger partial charge in [-0.15, -0.1) is 0 Å². The van der Waals surface area contributed by atoms with Gasteiger partial charge in [-0.2, -0.15) is 0 Å². The van der Waals surface area contributed by atoms with E-state index in [9.17, 15) is 18.6 Å². The molecule has 0 spiro atoms. The number of rotatable bonds is 7. The summed E-state index contributed by atoms with van der Waals surface area (Å²) in [6.45, 7) is 0.180. The van der Waals surface area contributed by atoms with Gasteiger partial charge in [0.2, 0.25) is 0 Å². The lowest BCUT2D eigenvalue weighted by Gasteiger charge is -2.21. The van der Waals surface area contributed by atoms with Gasteiger partial charge in [-0.05, 0) is 6.92 Å². The summed E-state index contributed by atoms with van der Waals surface area (Å²) in [4.78, 5) is 33.2. The van der Waals surface area contributed by atoms with Crippen molar-refractivity contribution in [1.29, 1.82) is 0 Å². The Hall–Kier alpha value is -1.64. The highest BCUT2D eigenvalue weighted by molar-refractivity contribution is 7.84. The number of nitrogens with zero attached hydrogens (tertiary/aromatic N) is 1. The minimum Gasteiger partial charge on any atom is -0.480 e. The number of carbonyl (C=O) groups excluding carboxylic acids is 1. The summed E-state index contributed by atoms with van der Waals surface area (Å²) in [5.41, 5.74) is 0. The zero-order chi connectivity index (χ0) is 14.3. The molecule has 0 aliphatic carbocycles. The van der Waals surface area contributed by atoms with Crippen molar-refractivity contribution < 1.29 is 28.8 Å². The van der Waals surface area contributed by atoms with Gasteiger partial charge in [0.25, 0.3) is 0 Å². The average molecular weight is 280 g/mol. The first-order valence-corrected chi connectivity index (χ1v) is 6.74. The van der Waals surface area contributed by atoms with Gasteiger partial charge in [-0.3, -0.25) is 13.8 Å². The third kappa shape index (κ3) is 7.60. The second-order valence-electron chi connectivity index (χ2n) is 3.73. The summed E-state index contributed by atoms with van der Waals surface area (Å²) < 4.78 is 10.9. The minimum atomic E-state index is -1.31. The number of amides is 2. The summed E-state index contributed by atoms with van der Waals surface area (Å²) in [6, 6.07) is -1.24. The summed E-state index contributed by atoms with van der Waals surface area (Å²) in [5.74, 6) is -2.41. The van der Waals surface area contributed by atoms with E-state index in [-0.39, 0.29) is 5.75 Å². The molecular weight excluding hydrogens is 264 g/mol. The molecule has 3 N–H and O–H groups in total. The lowest BCUT2D eigenvalue weighted by molar-refractivity contribution is -0.140. The Kier molecular flexibility index (Phi) is 6.94. The van der Waals surface area contributed by atoms with Crippen molar-refractivity contribution >= 4 is 28.8 Å². The zero-order valence-electron chi connectivity index (χ0n) is 10.1. The molecule has 2 amide bonds. The molecule has 0 fully saturated rings.